The summed E-state index contributed by atoms with van der Waals surface area (Å²) in [6.45, 7) is 10.1. The average Bonchev–Trinajstić information content (AvgIpc) is 3.32. The van der Waals surface area contributed by atoms with Crippen LogP contribution in [0.2, 0.25) is 0 Å². The van der Waals surface area contributed by atoms with Gasteiger partial charge in [0.15, 0.2) is 17.4 Å². The number of nitrogens with zero attached hydrogens (tertiary/aromatic N) is 6. The Kier molecular flexibility index (Phi) is 9.18. The first-order valence-electron chi connectivity index (χ1n) is 13.7. The molecule has 0 bridgehead atoms. The quantitative estimate of drug-likeness (QED) is 0.241. The number of aryl methyl sites for hydroxylation is 1. The van der Waals surface area contributed by atoms with Crippen LogP contribution in [0.15, 0.2) is 61.4 Å². The molecular formula is C31H38N8O4. The Morgan fingerprint density at radius 2 is 1.84 bits per heavy atom. The van der Waals surface area contributed by atoms with Crippen molar-refractivity contribution in [3.05, 3.63) is 61.4 Å². The Labute approximate surface area is 251 Å². The standard InChI is InChI=1S/C31H38N8O4/c1-9-26(40)34-27-24(37(5)16-17-39(30(41)43-8)31(2,3)4)18-25(42-7)28(35-27)36-29-32-15-14-22(33-29)21-19-38(6)23-13-11-10-12-20(21)23/h9-15,18-19H,1,16-17H2,2-8H3,(H2,32,33,34,35,36,40). The monoisotopic (exact) mass is 586 g/mol. The molecule has 0 atom stereocenters. The molecule has 0 unspecified atom stereocenters. The lowest BCUT2D eigenvalue weighted by atomic mass is 10.1. The first-order chi connectivity index (χ1) is 20.5. The van der Waals surface area contributed by atoms with Crippen LogP contribution in [0.5, 0.6) is 5.75 Å². The van der Waals surface area contributed by atoms with Crippen molar-refractivity contribution in [2.24, 2.45) is 7.05 Å². The predicted octanol–water partition coefficient (Wildman–Crippen LogP) is 5.21. The summed E-state index contributed by atoms with van der Waals surface area (Å²) >= 11 is 0. The summed E-state index contributed by atoms with van der Waals surface area (Å²) in [7, 11) is 6.71. The fraction of sp³-hybridized carbons (Fsp3) is 0.323. The number of hydrogen-bond donors (Lipinski definition) is 2. The van der Waals surface area contributed by atoms with Crippen LogP contribution in [0.3, 0.4) is 0 Å². The Hall–Kier alpha value is -5.13. The zero-order chi connectivity index (χ0) is 31.3. The highest BCUT2D eigenvalue weighted by molar-refractivity contribution is 6.00. The highest BCUT2D eigenvalue weighted by Crippen LogP contribution is 2.35. The van der Waals surface area contributed by atoms with Crippen LogP contribution in [0.1, 0.15) is 20.8 Å². The van der Waals surface area contributed by atoms with Gasteiger partial charge in [-0.15, -0.1) is 0 Å². The molecule has 3 aromatic heterocycles. The molecule has 0 fully saturated rings. The zero-order valence-electron chi connectivity index (χ0n) is 25.6. The molecule has 12 heteroatoms. The van der Waals surface area contributed by atoms with E-state index in [1.165, 1.54) is 14.2 Å². The number of para-hydroxylation sites is 1. The lowest BCUT2D eigenvalue weighted by Gasteiger charge is -2.36. The molecule has 0 aliphatic heterocycles. The number of carbonyl (C=O) groups is 2. The van der Waals surface area contributed by atoms with Crippen LogP contribution in [-0.2, 0) is 16.6 Å². The number of fused-ring (bicyclic) bond motifs is 1. The van der Waals surface area contributed by atoms with Crippen LogP contribution in [0.4, 0.5) is 28.1 Å². The number of aromatic nitrogens is 4. The molecule has 4 aromatic rings. The predicted molar refractivity (Wildman–Crippen MR) is 169 cm³/mol. The minimum Gasteiger partial charge on any atom is -0.493 e. The zero-order valence-corrected chi connectivity index (χ0v) is 25.6. The number of nitrogens with one attached hydrogen (secondary N) is 2. The molecule has 0 radical (unpaired) electrons. The first-order valence-corrected chi connectivity index (χ1v) is 13.7. The number of rotatable bonds is 10. The van der Waals surface area contributed by atoms with Gasteiger partial charge in [-0.05, 0) is 39.0 Å². The van der Waals surface area contributed by atoms with Gasteiger partial charge in [0.05, 0.1) is 25.6 Å². The van der Waals surface area contributed by atoms with Gasteiger partial charge < -0.3 is 34.5 Å². The normalized spacial score (nSPS) is 11.1. The van der Waals surface area contributed by atoms with Crippen molar-refractivity contribution in [2.75, 3.05) is 49.9 Å². The summed E-state index contributed by atoms with van der Waals surface area (Å²) in [5.74, 6) is 0.843. The number of likely N-dealkylation sites (N-methyl/N-ethyl adjacent to an activating group) is 1. The number of amides is 2. The molecule has 12 nitrogen and oxygen atoms in total. The molecular weight excluding hydrogens is 548 g/mol. The number of ether oxygens (including phenoxy) is 2. The van der Waals surface area contributed by atoms with Crippen LogP contribution >= 0.6 is 0 Å². The minimum atomic E-state index is -0.460. The lowest BCUT2D eigenvalue weighted by Crippen LogP contribution is -2.48. The van der Waals surface area contributed by atoms with E-state index in [0.29, 0.717) is 36.3 Å². The summed E-state index contributed by atoms with van der Waals surface area (Å²) in [6, 6.07) is 11.7. The summed E-state index contributed by atoms with van der Waals surface area (Å²) in [5.41, 5.74) is 2.91. The van der Waals surface area contributed by atoms with Crippen molar-refractivity contribution in [3.8, 4) is 17.0 Å². The average molecular weight is 587 g/mol. The highest BCUT2D eigenvalue weighted by Gasteiger charge is 2.28. The van der Waals surface area contributed by atoms with Crippen LogP contribution in [-0.4, -0.2) is 76.3 Å². The Balaban J connectivity index is 1.67. The number of hydrogen-bond acceptors (Lipinski definition) is 9. The van der Waals surface area contributed by atoms with Gasteiger partial charge in [0.25, 0.3) is 0 Å². The molecule has 2 amide bonds. The summed E-state index contributed by atoms with van der Waals surface area (Å²) < 4.78 is 12.7. The summed E-state index contributed by atoms with van der Waals surface area (Å²) in [5, 5.41) is 7.00. The first kappa shape index (κ1) is 30.8. The van der Waals surface area contributed by atoms with Crippen LogP contribution < -0.4 is 20.3 Å². The second kappa shape index (κ2) is 12.8. The maximum Gasteiger partial charge on any atom is 0.409 e. The van der Waals surface area contributed by atoms with Crippen molar-refractivity contribution in [1.82, 2.24) is 24.4 Å². The van der Waals surface area contributed by atoms with E-state index in [1.54, 1.807) is 17.2 Å². The third-order valence-electron chi connectivity index (χ3n) is 6.95. The van der Waals surface area contributed by atoms with Crippen molar-refractivity contribution < 1.29 is 19.1 Å². The molecule has 0 aliphatic rings. The molecule has 3 heterocycles. The van der Waals surface area contributed by atoms with E-state index >= 15 is 0 Å². The van der Waals surface area contributed by atoms with Crippen LogP contribution in [0.25, 0.3) is 22.2 Å². The molecule has 0 saturated heterocycles. The van der Waals surface area contributed by atoms with Crippen molar-refractivity contribution >= 4 is 46.2 Å². The fourth-order valence-electron chi connectivity index (χ4n) is 4.68. The van der Waals surface area contributed by atoms with E-state index in [2.05, 4.69) is 43.9 Å². The lowest BCUT2D eigenvalue weighted by molar-refractivity contribution is -0.111. The molecule has 226 valence electrons. The Morgan fingerprint density at radius 1 is 1.09 bits per heavy atom. The van der Waals surface area contributed by atoms with Gasteiger partial charge in [-0.25, -0.2) is 19.7 Å². The van der Waals surface area contributed by atoms with Crippen molar-refractivity contribution in [1.29, 1.82) is 0 Å². The molecule has 0 aliphatic carbocycles. The topological polar surface area (TPSA) is 127 Å². The Bertz CT molecular complexity index is 1640. The molecule has 1 aromatic carbocycles. The number of carbonyl (C=O) groups excluding carboxylic acids is 2. The van der Waals surface area contributed by atoms with E-state index in [1.807, 2.05) is 64.2 Å². The number of benzene rings is 1. The van der Waals surface area contributed by atoms with Gasteiger partial charge >= 0.3 is 6.09 Å². The van der Waals surface area contributed by atoms with Crippen LogP contribution in [0, 0.1) is 0 Å². The maximum absolute atomic E-state index is 12.4. The van der Waals surface area contributed by atoms with Gasteiger partial charge in [-0.1, -0.05) is 24.8 Å². The number of pyridine rings is 1. The minimum absolute atomic E-state index is 0.265. The molecule has 0 spiro atoms. The summed E-state index contributed by atoms with van der Waals surface area (Å²) in [6.07, 6.45) is 4.44. The van der Waals surface area contributed by atoms with Gasteiger partial charge in [0.2, 0.25) is 11.9 Å². The third kappa shape index (κ3) is 6.85. The molecule has 43 heavy (non-hydrogen) atoms. The SMILES string of the molecule is C=CC(=O)Nc1nc(Nc2nccc(-c3cn(C)c4ccccc34)n2)c(OC)cc1N(C)CCN(C(=O)OC)C(C)(C)C. The van der Waals surface area contributed by atoms with Crippen molar-refractivity contribution in [2.45, 2.75) is 26.3 Å². The Morgan fingerprint density at radius 3 is 2.51 bits per heavy atom. The van der Waals surface area contributed by atoms with Gasteiger partial charge in [0.1, 0.15) is 0 Å². The van der Waals surface area contributed by atoms with E-state index in [-0.39, 0.29) is 5.82 Å². The van der Waals surface area contributed by atoms with E-state index in [9.17, 15) is 9.59 Å². The van der Waals surface area contributed by atoms with E-state index in [0.717, 1.165) is 28.2 Å². The third-order valence-corrected chi connectivity index (χ3v) is 6.95. The van der Waals surface area contributed by atoms with Gasteiger partial charge in [-0.2, -0.15) is 0 Å². The summed E-state index contributed by atoms with van der Waals surface area (Å²) in [4.78, 5) is 42.1. The largest absolute Gasteiger partial charge is 0.493 e. The molecule has 4 rings (SSSR count). The van der Waals surface area contributed by atoms with E-state index in [4.69, 9.17) is 14.5 Å². The van der Waals surface area contributed by atoms with Gasteiger partial charge in [0, 0.05) is 67.7 Å². The maximum atomic E-state index is 12.4. The van der Waals surface area contributed by atoms with Crippen molar-refractivity contribution in [3.63, 3.8) is 0 Å². The highest BCUT2D eigenvalue weighted by atomic mass is 16.5. The molecule has 0 saturated carbocycles. The second-order valence-electron chi connectivity index (χ2n) is 10.9. The smallest absolute Gasteiger partial charge is 0.409 e. The van der Waals surface area contributed by atoms with Gasteiger partial charge in [-0.3, -0.25) is 4.79 Å². The number of methoxy groups -OCH3 is 2. The molecule has 2 N–H and O–H groups in total. The fourth-order valence-corrected chi connectivity index (χ4v) is 4.68. The number of anilines is 4. The second-order valence-corrected chi connectivity index (χ2v) is 10.9. The van der Waals surface area contributed by atoms with E-state index < -0.39 is 17.5 Å².